The summed E-state index contributed by atoms with van der Waals surface area (Å²) in [5.41, 5.74) is 12.8. The van der Waals surface area contributed by atoms with Crippen molar-refractivity contribution >= 4 is 60.8 Å². The van der Waals surface area contributed by atoms with Crippen LogP contribution in [0.4, 0.5) is 17.1 Å². The molecule has 0 unspecified atom stereocenters. The maximum absolute atomic E-state index is 7.05. The normalized spacial score (nSPS) is 11.5. The van der Waals surface area contributed by atoms with Crippen LogP contribution in [0.15, 0.2) is 199 Å². The molecule has 0 amide bonds. The SMILES string of the molecule is c1ccc(-c2ccccc2N(c2ccc(-c3cccc4ccccc34)cc2)c2cccc3c2oc2c4ccccc4n(-c4ccccc4)c32)cc1. The lowest BCUT2D eigenvalue weighted by molar-refractivity contribution is 0.673. The van der Waals surface area contributed by atoms with Crippen LogP contribution in [0.1, 0.15) is 0 Å². The van der Waals surface area contributed by atoms with Crippen LogP contribution in [-0.2, 0) is 0 Å². The first-order valence-electron chi connectivity index (χ1n) is 17.4. The molecule has 0 bridgehead atoms. The minimum absolute atomic E-state index is 0.846. The van der Waals surface area contributed by atoms with Gasteiger partial charge >= 0.3 is 0 Å². The topological polar surface area (TPSA) is 21.3 Å². The van der Waals surface area contributed by atoms with Crippen LogP contribution < -0.4 is 4.90 Å². The summed E-state index contributed by atoms with van der Waals surface area (Å²) in [4.78, 5) is 2.36. The van der Waals surface area contributed by atoms with Crippen molar-refractivity contribution < 1.29 is 4.42 Å². The lowest BCUT2D eigenvalue weighted by atomic mass is 9.97. The average Bonchev–Trinajstić information content (AvgIpc) is 3.74. The smallest absolute Gasteiger partial charge is 0.161 e. The third-order valence-electron chi connectivity index (χ3n) is 9.99. The predicted molar refractivity (Wildman–Crippen MR) is 214 cm³/mol. The number of aromatic nitrogens is 1. The molecule has 0 spiro atoms. The molecule has 0 saturated carbocycles. The molecule has 0 N–H and O–H groups in total. The van der Waals surface area contributed by atoms with E-state index in [0.717, 1.165) is 66.8 Å². The van der Waals surface area contributed by atoms with Gasteiger partial charge < -0.3 is 13.9 Å². The van der Waals surface area contributed by atoms with E-state index in [-0.39, 0.29) is 0 Å². The number of para-hydroxylation sites is 4. The Morgan fingerprint density at radius 3 is 1.82 bits per heavy atom. The lowest BCUT2D eigenvalue weighted by Gasteiger charge is -2.28. The molecule has 0 atom stereocenters. The number of fused-ring (bicyclic) bond motifs is 6. The van der Waals surface area contributed by atoms with Crippen molar-refractivity contribution in [1.82, 2.24) is 4.57 Å². The second-order valence-corrected chi connectivity index (χ2v) is 12.9. The van der Waals surface area contributed by atoms with Crippen molar-refractivity contribution in [2.24, 2.45) is 0 Å². The number of rotatable bonds is 6. The summed E-state index contributed by atoms with van der Waals surface area (Å²) < 4.78 is 9.38. The van der Waals surface area contributed by atoms with Gasteiger partial charge in [0.2, 0.25) is 0 Å². The van der Waals surface area contributed by atoms with Gasteiger partial charge in [-0.3, -0.25) is 0 Å². The van der Waals surface area contributed by atoms with Crippen LogP contribution in [0.2, 0.25) is 0 Å². The molecule has 10 aromatic rings. The van der Waals surface area contributed by atoms with Gasteiger partial charge in [0.25, 0.3) is 0 Å². The van der Waals surface area contributed by atoms with Gasteiger partial charge in [-0.1, -0.05) is 140 Å². The summed E-state index contributed by atoms with van der Waals surface area (Å²) in [6.45, 7) is 0. The Morgan fingerprint density at radius 2 is 0.980 bits per heavy atom. The molecule has 2 heterocycles. The van der Waals surface area contributed by atoms with Crippen LogP contribution in [0, 0.1) is 0 Å². The first-order chi connectivity index (χ1) is 25.3. The minimum Gasteiger partial charge on any atom is -0.451 e. The molecular weight excluding hydrogens is 621 g/mol. The molecule has 3 nitrogen and oxygen atoms in total. The molecule has 10 rings (SSSR count). The van der Waals surface area contributed by atoms with Gasteiger partial charge in [-0.05, 0) is 82.1 Å². The van der Waals surface area contributed by atoms with Gasteiger partial charge in [-0.15, -0.1) is 0 Å². The van der Waals surface area contributed by atoms with Gasteiger partial charge in [-0.2, -0.15) is 0 Å². The zero-order chi connectivity index (χ0) is 33.7. The Labute approximate surface area is 295 Å². The number of benzene rings is 8. The summed E-state index contributed by atoms with van der Waals surface area (Å²) in [6.07, 6.45) is 0. The van der Waals surface area contributed by atoms with Crippen molar-refractivity contribution in [2.45, 2.75) is 0 Å². The van der Waals surface area contributed by atoms with E-state index < -0.39 is 0 Å². The van der Waals surface area contributed by atoms with E-state index in [1.807, 2.05) is 0 Å². The Morgan fingerprint density at radius 1 is 0.392 bits per heavy atom. The van der Waals surface area contributed by atoms with E-state index in [9.17, 15) is 0 Å². The van der Waals surface area contributed by atoms with Gasteiger partial charge in [0.1, 0.15) is 5.52 Å². The molecule has 2 aromatic heterocycles. The van der Waals surface area contributed by atoms with E-state index in [4.69, 9.17) is 4.42 Å². The van der Waals surface area contributed by atoms with E-state index in [2.05, 4.69) is 204 Å². The number of hydrogen-bond donors (Lipinski definition) is 0. The molecule has 8 aromatic carbocycles. The number of anilines is 3. The minimum atomic E-state index is 0.846. The highest BCUT2D eigenvalue weighted by Crippen LogP contribution is 2.47. The second-order valence-electron chi connectivity index (χ2n) is 12.9. The average molecular weight is 653 g/mol. The highest BCUT2D eigenvalue weighted by Gasteiger charge is 2.25. The third kappa shape index (κ3) is 4.74. The van der Waals surface area contributed by atoms with Gasteiger partial charge in [0, 0.05) is 27.7 Å². The highest BCUT2D eigenvalue weighted by atomic mass is 16.3. The summed E-state index contributed by atoms with van der Waals surface area (Å²) in [5, 5.41) is 4.64. The van der Waals surface area contributed by atoms with Gasteiger partial charge in [0.05, 0.1) is 16.9 Å². The first-order valence-corrected chi connectivity index (χ1v) is 17.4. The maximum atomic E-state index is 7.05. The molecule has 0 saturated heterocycles. The first kappa shape index (κ1) is 29.1. The monoisotopic (exact) mass is 652 g/mol. The molecule has 240 valence electrons. The standard InChI is InChI=1S/C48H32N2O/c1-3-15-34(16-4-1)40-22-9-11-26-43(40)49(37-31-29-35(30-32-37)39-24-13-18-33-17-7-8-21-38(33)39)45-28-14-25-42-46-48(51-47(42)45)41-23-10-12-27-44(41)50(46)36-19-5-2-6-20-36/h1-32H. The van der Waals surface area contributed by atoms with Crippen LogP contribution in [0.3, 0.4) is 0 Å². The van der Waals surface area contributed by atoms with Crippen molar-refractivity contribution in [3.63, 3.8) is 0 Å². The molecule has 0 aliphatic rings. The van der Waals surface area contributed by atoms with Crippen molar-refractivity contribution in [2.75, 3.05) is 4.90 Å². The number of furan rings is 1. The molecule has 0 aliphatic carbocycles. The summed E-state index contributed by atoms with van der Waals surface area (Å²) in [6, 6.07) is 68.9. The van der Waals surface area contributed by atoms with Crippen LogP contribution in [0.5, 0.6) is 0 Å². The van der Waals surface area contributed by atoms with Gasteiger partial charge in [-0.25, -0.2) is 0 Å². The number of nitrogens with zero attached hydrogens (tertiary/aromatic N) is 2. The Balaban J connectivity index is 1.23. The van der Waals surface area contributed by atoms with Gasteiger partial charge in [0.15, 0.2) is 11.2 Å². The van der Waals surface area contributed by atoms with Crippen molar-refractivity contribution in [3.8, 4) is 27.9 Å². The molecule has 51 heavy (non-hydrogen) atoms. The zero-order valence-corrected chi connectivity index (χ0v) is 27.8. The molecular formula is C48H32N2O. The highest BCUT2D eigenvalue weighted by molar-refractivity contribution is 6.19. The van der Waals surface area contributed by atoms with Crippen molar-refractivity contribution in [1.29, 1.82) is 0 Å². The second kappa shape index (κ2) is 11.9. The maximum Gasteiger partial charge on any atom is 0.161 e. The zero-order valence-electron chi connectivity index (χ0n) is 27.8. The Kier molecular flexibility index (Phi) is 6.81. The van der Waals surface area contributed by atoms with E-state index in [0.29, 0.717) is 0 Å². The fourth-order valence-corrected chi connectivity index (χ4v) is 7.70. The Hall–Kier alpha value is -6.84. The quantitative estimate of drug-likeness (QED) is 0.178. The van der Waals surface area contributed by atoms with E-state index in [1.165, 1.54) is 21.9 Å². The molecule has 0 radical (unpaired) electrons. The van der Waals surface area contributed by atoms with Crippen LogP contribution >= 0.6 is 0 Å². The fourth-order valence-electron chi connectivity index (χ4n) is 7.70. The van der Waals surface area contributed by atoms with Crippen LogP contribution in [0.25, 0.3) is 71.7 Å². The largest absolute Gasteiger partial charge is 0.451 e. The van der Waals surface area contributed by atoms with Crippen molar-refractivity contribution in [3.05, 3.63) is 194 Å². The molecule has 0 aliphatic heterocycles. The summed E-state index contributed by atoms with van der Waals surface area (Å²) >= 11 is 0. The lowest BCUT2D eigenvalue weighted by Crippen LogP contribution is -2.11. The molecule has 3 heteroatoms. The predicted octanol–water partition coefficient (Wildman–Crippen LogP) is 13.5. The summed E-state index contributed by atoms with van der Waals surface area (Å²) in [7, 11) is 0. The van der Waals surface area contributed by atoms with Crippen LogP contribution in [-0.4, -0.2) is 4.57 Å². The Bertz CT molecular complexity index is 2840. The molecule has 0 fully saturated rings. The van der Waals surface area contributed by atoms with E-state index >= 15 is 0 Å². The summed E-state index contributed by atoms with van der Waals surface area (Å²) in [5.74, 6) is 0. The fraction of sp³-hybridized carbons (Fsp3) is 0. The van der Waals surface area contributed by atoms with E-state index in [1.54, 1.807) is 0 Å². The third-order valence-corrected chi connectivity index (χ3v) is 9.99. The number of hydrogen-bond acceptors (Lipinski definition) is 2.